The molecule has 3 rings (SSSR count). The predicted molar refractivity (Wildman–Crippen MR) is 78.3 cm³/mol. The minimum atomic E-state index is -4.63. The van der Waals surface area contributed by atoms with Gasteiger partial charge in [-0.15, -0.1) is 0 Å². The second-order valence-corrected chi connectivity index (χ2v) is 5.99. The van der Waals surface area contributed by atoms with Gasteiger partial charge in [-0.25, -0.2) is 4.98 Å². The molecule has 0 aliphatic carbocycles. The van der Waals surface area contributed by atoms with Crippen LogP contribution in [0.3, 0.4) is 0 Å². The summed E-state index contributed by atoms with van der Waals surface area (Å²) in [6.07, 6.45) is -0.647. The molecule has 130 valence electrons. The number of amides is 1. The summed E-state index contributed by atoms with van der Waals surface area (Å²) in [5.41, 5.74) is -0.713. The van der Waals surface area contributed by atoms with Crippen LogP contribution < -0.4 is 5.32 Å². The number of alkyl halides is 3. The first kappa shape index (κ1) is 16.5. The van der Waals surface area contributed by atoms with E-state index in [0.717, 1.165) is 5.69 Å². The van der Waals surface area contributed by atoms with E-state index in [4.69, 9.17) is 0 Å². The summed E-state index contributed by atoms with van der Waals surface area (Å²) in [4.78, 5) is 18.4. The summed E-state index contributed by atoms with van der Waals surface area (Å²) >= 11 is 0. The summed E-state index contributed by atoms with van der Waals surface area (Å²) in [5.74, 6) is -0.865. The lowest BCUT2D eigenvalue weighted by atomic mass is 10.00. The number of likely N-dealkylation sites (N-methyl/N-ethyl adjacent to an activating group) is 1. The molecule has 1 saturated heterocycles. The van der Waals surface area contributed by atoms with Gasteiger partial charge < -0.3 is 14.8 Å². The zero-order valence-corrected chi connectivity index (χ0v) is 13.1. The van der Waals surface area contributed by atoms with E-state index in [-0.39, 0.29) is 12.0 Å². The Hall–Kier alpha value is -2.36. The van der Waals surface area contributed by atoms with Gasteiger partial charge in [0.2, 0.25) is 0 Å². The van der Waals surface area contributed by atoms with Gasteiger partial charge in [0.25, 0.3) is 5.91 Å². The maximum atomic E-state index is 12.9. The molecule has 2 aromatic heterocycles. The highest BCUT2D eigenvalue weighted by Crippen LogP contribution is 2.31. The summed E-state index contributed by atoms with van der Waals surface area (Å²) < 4.78 is 40.6. The van der Waals surface area contributed by atoms with E-state index in [1.165, 1.54) is 0 Å². The van der Waals surface area contributed by atoms with Gasteiger partial charge in [-0.05, 0) is 7.05 Å². The number of halogens is 3. The van der Waals surface area contributed by atoms with Crippen molar-refractivity contribution in [3.63, 3.8) is 0 Å². The molecular formula is C14H17F3N6O. The Bertz CT molecular complexity index is 737. The van der Waals surface area contributed by atoms with Crippen LogP contribution in [0.5, 0.6) is 0 Å². The van der Waals surface area contributed by atoms with Crippen LogP contribution in [-0.4, -0.2) is 56.7 Å². The second-order valence-electron chi connectivity index (χ2n) is 5.99. The van der Waals surface area contributed by atoms with Crippen molar-refractivity contribution in [1.29, 1.82) is 0 Å². The van der Waals surface area contributed by atoms with Crippen LogP contribution in [0.2, 0.25) is 0 Å². The summed E-state index contributed by atoms with van der Waals surface area (Å²) in [5, 5.41) is 8.19. The van der Waals surface area contributed by atoms with Crippen molar-refractivity contribution in [2.24, 2.45) is 7.05 Å². The Labute approximate surface area is 135 Å². The number of carbonyl (C=O) groups is 1. The van der Waals surface area contributed by atoms with E-state index < -0.39 is 23.3 Å². The fraction of sp³-hybridized carbons (Fsp3) is 0.500. The number of aromatic amines is 1. The molecule has 7 nitrogen and oxygen atoms in total. The summed E-state index contributed by atoms with van der Waals surface area (Å²) in [6.45, 7) is 1.22. The van der Waals surface area contributed by atoms with Crippen LogP contribution in [0, 0.1) is 0 Å². The molecule has 1 aliphatic heterocycles. The number of nitrogens with one attached hydrogen (secondary N) is 2. The third-order valence-corrected chi connectivity index (χ3v) is 4.22. The van der Waals surface area contributed by atoms with Crippen molar-refractivity contribution in [3.05, 3.63) is 35.7 Å². The van der Waals surface area contributed by atoms with Gasteiger partial charge in [0, 0.05) is 37.9 Å². The van der Waals surface area contributed by atoms with Crippen LogP contribution in [0.4, 0.5) is 13.2 Å². The molecule has 2 atom stereocenters. The van der Waals surface area contributed by atoms with Crippen molar-refractivity contribution in [2.45, 2.75) is 18.1 Å². The Morgan fingerprint density at radius 2 is 2.08 bits per heavy atom. The Balaban J connectivity index is 1.81. The molecule has 0 bridgehead atoms. The highest BCUT2D eigenvalue weighted by Gasteiger charge is 2.39. The van der Waals surface area contributed by atoms with E-state index in [9.17, 15) is 18.0 Å². The van der Waals surface area contributed by atoms with E-state index in [1.54, 1.807) is 12.5 Å². The fourth-order valence-corrected chi connectivity index (χ4v) is 3.09. The van der Waals surface area contributed by atoms with Crippen molar-refractivity contribution in [2.75, 3.05) is 20.1 Å². The molecule has 0 spiro atoms. The number of aryl methyl sites for hydroxylation is 1. The van der Waals surface area contributed by atoms with Crippen LogP contribution in [0.25, 0.3) is 0 Å². The standard InChI is InChI=1S/C14H17F3N6O/c1-22-5-8(11-4-18-7-23(11)2)10(6-22)20-13(24)12-9(3-19-21-12)14(15,16)17/h3-4,7-8,10H,5-6H2,1-2H3,(H,19,21)(H,20,24)/t8-,10-/m1/s1. The number of likely N-dealkylation sites (tertiary alicyclic amines) is 1. The molecule has 24 heavy (non-hydrogen) atoms. The number of nitrogens with zero attached hydrogens (tertiary/aromatic N) is 4. The lowest BCUT2D eigenvalue weighted by Gasteiger charge is -2.20. The first-order valence-electron chi connectivity index (χ1n) is 7.33. The molecule has 0 saturated carbocycles. The molecule has 1 fully saturated rings. The number of rotatable bonds is 3. The maximum absolute atomic E-state index is 12.9. The topological polar surface area (TPSA) is 78.8 Å². The quantitative estimate of drug-likeness (QED) is 0.872. The molecule has 3 heterocycles. The smallest absolute Gasteiger partial charge is 0.346 e. The normalized spacial score (nSPS) is 22.0. The largest absolute Gasteiger partial charge is 0.420 e. The third kappa shape index (κ3) is 3.01. The molecule has 0 unspecified atom stereocenters. The van der Waals surface area contributed by atoms with Gasteiger partial charge in [0.05, 0.1) is 18.6 Å². The minimum absolute atomic E-state index is 0.0521. The second kappa shape index (κ2) is 5.93. The number of H-pyrrole nitrogens is 1. The van der Waals surface area contributed by atoms with Crippen molar-refractivity contribution in [1.82, 2.24) is 30.0 Å². The molecule has 0 radical (unpaired) electrons. The van der Waals surface area contributed by atoms with Crippen molar-refractivity contribution >= 4 is 5.91 Å². The van der Waals surface area contributed by atoms with Crippen LogP contribution in [0.1, 0.15) is 27.7 Å². The first-order chi connectivity index (χ1) is 11.3. The number of hydrogen-bond donors (Lipinski definition) is 2. The van der Waals surface area contributed by atoms with Crippen LogP contribution in [0.15, 0.2) is 18.7 Å². The van der Waals surface area contributed by atoms with E-state index in [2.05, 4.69) is 20.5 Å². The van der Waals surface area contributed by atoms with Crippen molar-refractivity contribution in [3.8, 4) is 0 Å². The van der Waals surface area contributed by atoms with Crippen LogP contribution in [-0.2, 0) is 13.2 Å². The zero-order chi connectivity index (χ0) is 17.5. The molecule has 2 aromatic rings. The number of aromatic nitrogens is 4. The molecule has 10 heteroatoms. The Morgan fingerprint density at radius 1 is 1.33 bits per heavy atom. The Kier molecular flexibility index (Phi) is 4.08. The third-order valence-electron chi connectivity index (χ3n) is 4.22. The van der Waals surface area contributed by atoms with Crippen molar-refractivity contribution < 1.29 is 18.0 Å². The lowest BCUT2D eigenvalue weighted by Crippen LogP contribution is -2.40. The number of imidazole rings is 1. The van der Waals surface area contributed by atoms with Gasteiger partial charge in [-0.1, -0.05) is 0 Å². The molecule has 1 aliphatic rings. The van der Waals surface area contributed by atoms with E-state index in [1.807, 2.05) is 23.6 Å². The predicted octanol–water partition coefficient (Wildman–Crippen LogP) is 0.990. The monoisotopic (exact) mass is 342 g/mol. The van der Waals surface area contributed by atoms with E-state index >= 15 is 0 Å². The Morgan fingerprint density at radius 3 is 2.71 bits per heavy atom. The molecule has 1 amide bonds. The fourth-order valence-electron chi connectivity index (χ4n) is 3.09. The van der Waals surface area contributed by atoms with Gasteiger partial charge >= 0.3 is 6.18 Å². The van der Waals surface area contributed by atoms with Gasteiger partial charge in [0.15, 0.2) is 0 Å². The summed E-state index contributed by atoms with van der Waals surface area (Å²) in [6, 6.07) is -0.317. The molecule has 2 N–H and O–H groups in total. The SMILES string of the molecule is CN1C[C@@H](NC(=O)c2[nH]ncc2C(F)(F)F)[C@H](c2cncn2C)C1. The van der Waals surface area contributed by atoms with Gasteiger partial charge in [-0.2, -0.15) is 18.3 Å². The number of carbonyl (C=O) groups excluding carboxylic acids is 1. The highest BCUT2D eigenvalue weighted by atomic mass is 19.4. The first-order valence-corrected chi connectivity index (χ1v) is 7.33. The molecule has 0 aromatic carbocycles. The van der Waals surface area contributed by atoms with Crippen LogP contribution >= 0.6 is 0 Å². The summed E-state index contributed by atoms with van der Waals surface area (Å²) in [7, 11) is 3.74. The average molecular weight is 342 g/mol. The zero-order valence-electron chi connectivity index (χ0n) is 13.1. The van der Waals surface area contributed by atoms with Gasteiger partial charge in [-0.3, -0.25) is 9.89 Å². The lowest BCUT2D eigenvalue weighted by molar-refractivity contribution is -0.137. The minimum Gasteiger partial charge on any atom is -0.346 e. The number of hydrogen-bond acceptors (Lipinski definition) is 4. The highest BCUT2D eigenvalue weighted by molar-refractivity contribution is 5.94. The molecular weight excluding hydrogens is 325 g/mol. The maximum Gasteiger partial charge on any atom is 0.420 e. The average Bonchev–Trinajstić information content (AvgIpc) is 3.17. The van der Waals surface area contributed by atoms with Gasteiger partial charge in [0.1, 0.15) is 11.3 Å². The van der Waals surface area contributed by atoms with E-state index in [0.29, 0.717) is 19.3 Å².